The van der Waals surface area contributed by atoms with Crippen molar-refractivity contribution in [3.63, 3.8) is 0 Å². The molecule has 144 valence electrons. The molecule has 2 amide bonds. The Hall–Kier alpha value is -2.63. The van der Waals surface area contributed by atoms with Gasteiger partial charge < -0.3 is 10.6 Å². The molecule has 2 N–H and O–H groups in total. The summed E-state index contributed by atoms with van der Waals surface area (Å²) in [5.41, 5.74) is 1.12. The Kier molecular flexibility index (Phi) is 6.27. The summed E-state index contributed by atoms with van der Waals surface area (Å²) >= 11 is 0. The number of carbonyl (C=O) groups is 2. The van der Waals surface area contributed by atoms with Crippen molar-refractivity contribution >= 4 is 17.6 Å². The molecule has 1 fully saturated rings. The summed E-state index contributed by atoms with van der Waals surface area (Å²) in [6, 6.07) is 11.4. The molecule has 0 unspecified atom stereocenters. The fraction of sp³-hybridized carbons (Fsp3) is 0.476. The summed E-state index contributed by atoms with van der Waals surface area (Å²) < 4.78 is 1.61. The number of para-hydroxylation sites is 1. The molecule has 1 aromatic carbocycles. The van der Waals surface area contributed by atoms with Crippen LogP contribution in [0.4, 0.5) is 5.82 Å². The van der Waals surface area contributed by atoms with Gasteiger partial charge in [-0.05, 0) is 25.0 Å². The van der Waals surface area contributed by atoms with Crippen molar-refractivity contribution in [3.8, 4) is 5.69 Å². The lowest BCUT2D eigenvalue weighted by Crippen LogP contribution is -2.34. The van der Waals surface area contributed by atoms with E-state index in [1.165, 1.54) is 12.8 Å². The first-order valence-corrected chi connectivity index (χ1v) is 9.82. The first-order valence-electron chi connectivity index (χ1n) is 9.82. The zero-order valence-electron chi connectivity index (χ0n) is 16.1. The van der Waals surface area contributed by atoms with Crippen LogP contribution < -0.4 is 10.6 Å². The van der Waals surface area contributed by atoms with Crippen molar-refractivity contribution in [1.82, 2.24) is 15.1 Å². The Morgan fingerprint density at radius 1 is 1.07 bits per heavy atom. The van der Waals surface area contributed by atoms with E-state index in [0.29, 0.717) is 11.5 Å². The third kappa shape index (κ3) is 4.96. The Morgan fingerprint density at radius 2 is 1.74 bits per heavy atom. The van der Waals surface area contributed by atoms with Gasteiger partial charge in [-0.25, -0.2) is 4.68 Å². The van der Waals surface area contributed by atoms with Crippen LogP contribution in [0.3, 0.4) is 0 Å². The smallest absolute Gasteiger partial charge is 0.272 e. The van der Waals surface area contributed by atoms with E-state index < -0.39 is 0 Å². The fourth-order valence-electron chi connectivity index (χ4n) is 3.30. The molecule has 6 nitrogen and oxygen atoms in total. The van der Waals surface area contributed by atoms with Gasteiger partial charge in [0.15, 0.2) is 5.69 Å². The largest absolute Gasteiger partial charge is 0.348 e. The van der Waals surface area contributed by atoms with Gasteiger partial charge in [-0.1, -0.05) is 57.7 Å². The molecule has 0 radical (unpaired) electrons. The maximum Gasteiger partial charge on any atom is 0.272 e. The highest BCUT2D eigenvalue weighted by Gasteiger charge is 2.21. The van der Waals surface area contributed by atoms with Gasteiger partial charge in [0.05, 0.1) is 5.69 Å². The molecular formula is C21H28N4O2. The number of hydrogen-bond acceptors (Lipinski definition) is 3. The van der Waals surface area contributed by atoms with Crippen molar-refractivity contribution in [2.24, 2.45) is 5.92 Å². The van der Waals surface area contributed by atoms with Crippen LogP contribution in [0.25, 0.3) is 5.69 Å². The number of benzene rings is 1. The van der Waals surface area contributed by atoms with Crippen LogP contribution in [-0.4, -0.2) is 27.6 Å². The number of rotatable bonds is 5. The Balaban J connectivity index is 1.83. The van der Waals surface area contributed by atoms with Gasteiger partial charge in [0, 0.05) is 18.0 Å². The molecule has 2 aromatic rings. The van der Waals surface area contributed by atoms with Crippen LogP contribution in [-0.2, 0) is 4.79 Å². The van der Waals surface area contributed by atoms with E-state index in [0.717, 1.165) is 31.4 Å². The molecule has 3 rings (SSSR count). The van der Waals surface area contributed by atoms with E-state index in [2.05, 4.69) is 15.7 Å². The number of nitrogens with zero attached hydrogens (tertiary/aromatic N) is 2. The molecule has 0 spiro atoms. The van der Waals surface area contributed by atoms with E-state index in [1.54, 1.807) is 10.7 Å². The lowest BCUT2D eigenvalue weighted by atomic mass is 10.1. The minimum atomic E-state index is -0.184. The number of nitrogens with one attached hydrogen (secondary N) is 2. The highest BCUT2D eigenvalue weighted by molar-refractivity contribution is 5.96. The number of hydrogen-bond donors (Lipinski definition) is 2. The normalized spacial score (nSPS) is 15.4. The molecule has 6 heteroatoms. The van der Waals surface area contributed by atoms with Crippen LogP contribution in [0.15, 0.2) is 36.4 Å². The lowest BCUT2D eigenvalue weighted by molar-refractivity contribution is -0.118. The minimum absolute atomic E-state index is 0.109. The molecule has 0 bridgehead atoms. The monoisotopic (exact) mass is 368 g/mol. The average Bonchev–Trinajstić information content (AvgIpc) is 2.91. The minimum Gasteiger partial charge on any atom is -0.348 e. The van der Waals surface area contributed by atoms with Crippen molar-refractivity contribution < 1.29 is 9.59 Å². The summed E-state index contributed by atoms with van der Waals surface area (Å²) in [4.78, 5) is 24.9. The molecule has 1 aromatic heterocycles. The molecule has 1 heterocycles. The Labute approximate surface area is 160 Å². The molecular weight excluding hydrogens is 340 g/mol. The van der Waals surface area contributed by atoms with Gasteiger partial charge in [0.25, 0.3) is 5.91 Å². The van der Waals surface area contributed by atoms with E-state index in [-0.39, 0.29) is 23.8 Å². The highest BCUT2D eigenvalue weighted by atomic mass is 16.2. The Morgan fingerprint density at radius 3 is 2.37 bits per heavy atom. The third-order valence-corrected chi connectivity index (χ3v) is 4.91. The summed E-state index contributed by atoms with van der Waals surface area (Å²) in [6.07, 6.45) is 6.81. The summed E-state index contributed by atoms with van der Waals surface area (Å²) in [7, 11) is 0. The van der Waals surface area contributed by atoms with Crippen molar-refractivity contribution in [3.05, 3.63) is 42.1 Å². The van der Waals surface area contributed by atoms with Crippen LogP contribution in [0, 0.1) is 5.92 Å². The second kappa shape index (κ2) is 8.84. The van der Waals surface area contributed by atoms with Gasteiger partial charge in [-0.2, -0.15) is 5.10 Å². The fourth-order valence-corrected chi connectivity index (χ4v) is 3.30. The number of anilines is 1. The summed E-state index contributed by atoms with van der Waals surface area (Å²) in [5.74, 6) is 0.0535. The van der Waals surface area contributed by atoms with Crippen molar-refractivity contribution in [2.45, 2.75) is 58.4 Å². The van der Waals surface area contributed by atoms with Crippen LogP contribution >= 0.6 is 0 Å². The number of aromatic nitrogens is 2. The molecule has 27 heavy (non-hydrogen) atoms. The number of amides is 2. The first kappa shape index (κ1) is 19.1. The van der Waals surface area contributed by atoms with Gasteiger partial charge in [0.1, 0.15) is 5.82 Å². The van der Waals surface area contributed by atoms with Crippen LogP contribution in [0.2, 0.25) is 0 Å². The molecule has 1 aliphatic rings. The highest BCUT2D eigenvalue weighted by Crippen LogP contribution is 2.20. The summed E-state index contributed by atoms with van der Waals surface area (Å²) in [5, 5.41) is 10.5. The Bertz CT molecular complexity index is 775. The van der Waals surface area contributed by atoms with Gasteiger partial charge in [0.2, 0.25) is 5.91 Å². The van der Waals surface area contributed by atoms with E-state index >= 15 is 0 Å². The van der Waals surface area contributed by atoms with Gasteiger partial charge >= 0.3 is 0 Å². The van der Waals surface area contributed by atoms with Crippen molar-refractivity contribution in [1.29, 1.82) is 0 Å². The molecule has 0 atom stereocenters. The second-order valence-electron chi connectivity index (χ2n) is 7.47. The lowest BCUT2D eigenvalue weighted by Gasteiger charge is -2.15. The SMILES string of the molecule is CC(C)C(=O)Nc1cc(C(=O)NC2CCCCCC2)nn1-c1ccccc1. The standard InChI is InChI=1S/C21H28N4O2/c1-15(2)20(26)23-19-14-18(24-25(19)17-12-8-5-9-13-17)21(27)22-16-10-6-3-4-7-11-16/h5,8-9,12-16H,3-4,6-7,10-11H2,1-2H3,(H,22,27)(H,23,26). The summed E-state index contributed by atoms with van der Waals surface area (Å²) in [6.45, 7) is 3.66. The predicted molar refractivity (Wildman–Crippen MR) is 106 cm³/mol. The first-order chi connectivity index (χ1) is 13.0. The topological polar surface area (TPSA) is 76.0 Å². The average molecular weight is 368 g/mol. The molecule has 1 saturated carbocycles. The molecule has 1 aliphatic carbocycles. The van der Waals surface area contributed by atoms with E-state index in [4.69, 9.17) is 0 Å². The maximum atomic E-state index is 12.7. The zero-order valence-corrected chi connectivity index (χ0v) is 16.1. The predicted octanol–water partition coefficient (Wildman–Crippen LogP) is 3.92. The van der Waals surface area contributed by atoms with Gasteiger partial charge in [-0.3, -0.25) is 9.59 Å². The number of carbonyl (C=O) groups excluding carboxylic acids is 2. The maximum absolute atomic E-state index is 12.7. The third-order valence-electron chi connectivity index (χ3n) is 4.91. The van der Waals surface area contributed by atoms with E-state index in [9.17, 15) is 9.59 Å². The second-order valence-corrected chi connectivity index (χ2v) is 7.47. The van der Waals surface area contributed by atoms with E-state index in [1.807, 2.05) is 44.2 Å². The van der Waals surface area contributed by atoms with Crippen molar-refractivity contribution in [2.75, 3.05) is 5.32 Å². The van der Waals surface area contributed by atoms with Crippen LogP contribution in [0.5, 0.6) is 0 Å². The van der Waals surface area contributed by atoms with Gasteiger partial charge in [-0.15, -0.1) is 0 Å². The van der Waals surface area contributed by atoms with Crippen LogP contribution in [0.1, 0.15) is 62.9 Å². The molecule has 0 saturated heterocycles. The quantitative estimate of drug-likeness (QED) is 0.786. The zero-order chi connectivity index (χ0) is 19.2. The molecule has 0 aliphatic heterocycles.